The molecule has 0 fully saturated rings. The molecule has 1 N–H and O–H groups in total. The maximum absolute atomic E-state index is 12.6. The maximum Gasteiger partial charge on any atom is 0.416 e. The predicted octanol–water partition coefficient (Wildman–Crippen LogP) is 1.98. The minimum absolute atomic E-state index is 0.0218. The molecule has 0 bridgehead atoms. The van der Waals surface area contributed by atoms with E-state index in [-0.39, 0.29) is 18.5 Å². The molecule has 1 aromatic carbocycles. The average molecular weight is 312 g/mol. The first-order chi connectivity index (χ1) is 10.3. The first kappa shape index (κ1) is 16.1. The Morgan fingerprint density at radius 1 is 1.14 bits per heavy atom. The van der Waals surface area contributed by atoms with E-state index in [4.69, 9.17) is 0 Å². The van der Waals surface area contributed by atoms with Gasteiger partial charge in [0.25, 0.3) is 0 Å². The fourth-order valence-corrected chi connectivity index (χ4v) is 2.37. The van der Waals surface area contributed by atoms with E-state index in [1.54, 1.807) is 12.2 Å². The molecular weight excluding hydrogens is 299 g/mol. The summed E-state index contributed by atoms with van der Waals surface area (Å²) in [5.74, 6) is -3.80. The second-order valence-electron chi connectivity index (χ2n) is 5.04. The second kappa shape index (κ2) is 6.21. The van der Waals surface area contributed by atoms with Crippen LogP contribution in [-0.4, -0.2) is 11.9 Å². The number of allylic oxidation sites excluding steroid dienone is 2. The van der Waals surface area contributed by atoms with Crippen molar-refractivity contribution >= 4 is 17.6 Å². The quantitative estimate of drug-likeness (QED) is 0.868. The van der Waals surface area contributed by atoms with Gasteiger partial charge in [0.15, 0.2) is 0 Å². The minimum Gasteiger partial charge on any atom is -0.550 e. The molecule has 1 amide bonds. The van der Waals surface area contributed by atoms with Crippen LogP contribution in [0.4, 0.5) is 18.9 Å². The normalized spacial score (nSPS) is 21.4. The molecule has 118 valence electrons. The molecule has 0 unspecified atom stereocenters. The van der Waals surface area contributed by atoms with Crippen molar-refractivity contribution in [3.05, 3.63) is 42.0 Å². The average Bonchev–Trinajstić information content (AvgIpc) is 2.46. The number of hydrogen-bond acceptors (Lipinski definition) is 3. The molecular formula is C15H13F3NO3-. The zero-order valence-corrected chi connectivity index (χ0v) is 11.4. The Morgan fingerprint density at radius 3 is 2.36 bits per heavy atom. The van der Waals surface area contributed by atoms with E-state index in [1.165, 1.54) is 12.1 Å². The Kier molecular flexibility index (Phi) is 4.54. The molecule has 0 spiro atoms. The lowest BCUT2D eigenvalue weighted by molar-refractivity contribution is -0.313. The number of alkyl halides is 3. The monoisotopic (exact) mass is 312 g/mol. The predicted molar refractivity (Wildman–Crippen MR) is 70.4 cm³/mol. The lowest BCUT2D eigenvalue weighted by Crippen LogP contribution is -2.41. The number of rotatable bonds is 3. The molecule has 0 radical (unpaired) electrons. The Labute approximate surface area is 124 Å². The summed E-state index contributed by atoms with van der Waals surface area (Å²) in [5, 5.41) is 13.4. The molecule has 0 heterocycles. The molecule has 0 aliphatic heterocycles. The molecule has 4 nitrogen and oxygen atoms in total. The zero-order chi connectivity index (χ0) is 16.3. The van der Waals surface area contributed by atoms with Gasteiger partial charge in [0.2, 0.25) is 5.91 Å². The number of anilines is 1. The SMILES string of the molecule is O=C(Nc1cccc(C(F)(F)F)c1)[C@H]1CC=CC[C@H]1C(=O)[O-]. The van der Waals surface area contributed by atoms with Gasteiger partial charge in [0, 0.05) is 17.6 Å². The van der Waals surface area contributed by atoms with Gasteiger partial charge >= 0.3 is 6.18 Å². The smallest absolute Gasteiger partial charge is 0.416 e. The first-order valence-corrected chi connectivity index (χ1v) is 6.63. The molecule has 1 aliphatic rings. The summed E-state index contributed by atoms with van der Waals surface area (Å²) >= 11 is 0. The van der Waals surface area contributed by atoms with Crippen LogP contribution in [0, 0.1) is 11.8 Å². The number of aliphatic carboxylic acids is 1. The minimum atomic E-state index is -4.51. The lowest BCUT2D eigenvalue weighted by atomic mass is 9.82. The van der Waals surface area contributed by atoms with Gasteiger partial charge in [-0.3, -0.25) is 4.79 Å². The first-order valence-electron chi connectivity index (χ1n) is 6.63. The van der Waals surface area contributed by atoms with E-state index in [0.29, 0.717) is 0 Å². The van der Waals surface area contributed by atoms with Gasteiger partial charge < -0.3 is 15.2 Å². The Balaban J connectivity index is 2.15. The second-order valence-corrected chi connectivity index (χ2v) is 5.04. The molecule has 22 heavy (non-hydrogen) atoms. The summed E-state index contributed by atoms with van der Waals surface area (Å²) in [6.45, 7) is 0. The number of halogens is 3. The Hall–Kier alpha value is -2.31. The van der Waals surface area contributed by atoms with E-state index in [9.17, 15) is 27.9 Å². The molecule has 1 aliphatic carbocycles. The van der Waals surface area contributed by atoms with Crippen LogP contribution >= 0.6 is 0 Å². The van der Waals surface area contributed by atoms with Gasteiger partial charge in [-0.15, -0.1) is 0 Å². The third-order valence-electron chi connectivity index (χ3n) is 3.53. The van der Waals surface area contributed by atoms with Crippen molar-refractivity contribution < 1.29 is 27.9 Å². The number of benzene rings is 1. The van der Waals surface area contributed by atoms with E-state index >= 15 is 0 Å². The van der Waals surface area contributed by atoms with Gasteiger partial charge in [0.05, 0.1) is 11.5 Å². The maximum atomic E-state index is 12.6. The van der Waals surface area contributed by atoms with Gasteiger partial charge in [-0.2, -0.15) is 13.2 Å². The van der Waals surface area contributed by atoms with Crippen LogP contribution in [0.25, 0.3) is 0 Å². The molecule has 0 saturated heterocycles. The van der Waals surface area contributed by atoms with Crippen molar-refractivity contribution in [3.63, 3.8) is 0 Å². The fraction of sp³-hybridized carbons (Fsp3) is 0.333. The van der Waals surface area contributed by atoms with E-state index in [2.05, 4.69) is 5.32 Å². The Morgan fingerprint density at radius 2 is 1.77 bits per heavy atom. The number of carbonyl (C=O) groups excluding carboxylic acids is 2. The van der Waals surface area contributed by atoms with Crippen molar-refractivity contribution in [1.29, 1.82) is 0 Å². The summed E-state index contributed by atoms with van der Waals surface area (Å²) in [6, 6.07) is 4.20. The summed E-state index contributed by atoms with van der Waals surface area (Å²) in [7, 11) is 0. The van der Waals surface area contributed by atoms with Crippen LogP contribution in [0.3, 0.4) is 0 Å². The molecule has 0 saturated carbocycles. The van der Waals surface area contributed by atoms with Crippen LogP contribution in [0.15, 0.2) is 36.4 Å². The van der Waals surface area contributed by atoms with Crippen molar-refractivity contribution in [2.24, 2.45) is 11.8 Å². The lowest BCUT2D eigenvalue weighted by Gasteiger charge is -2.28. The topological polar surface area (TPSA) is 69.2 Å². The number of nitrogens with one attached hydrogen (secondary N) is 1. The van der Waals surface area contributed by atoms with E-state index in [1.807, 2.05) is 0 Å². The number of carboxylic acids is 1. The third-order valence-corrected chi connectivity index (χ3v) is 3.53. The van der Waals surface area contributed by atoms with Crippen LogP contribution in [-0.2, 0) is 15.8 Å². The van der Waals surface area contributed by atoms with Crippen LogP contribution in [0.2, 0.25) is 0 Å². The van der Waals surface area contributed by atoms with Crippen molar-refractivity contribution in [3.8, 4) is 0 Å². The van der Waals surface area contributed by atoms with E-state index in [0.717, 1.165) is 12.1 Å². The van der Waals surface area contributed by atoms with Crippen LogP contribution in [0.5, 0.6) is 0 Å². The van der Waals surface area contributed by atoms with Gasteiger partial charge in [-0.1, -0.05) is 18.2 Å². The molecule has 0 aromatic heterocycles. The molecule has 2 rings (SSSR count). The molecule has 7 heteroatoms. The Bertz CT molecular complexity index is 610. The summed E-state index contributed by atoms with van der Waals surface area (Å²) in [6.07, 6.45) is -0.807. The highest BCUT2D eigenvalue weighted by Gasteiger charge is 2.32. The highest BCUT2D eigenvalue weighted by Crippen LogP contribution is 2.31. The summed E-state index contributed by atoms with van der Waals surface area (Å²) in [4.78, 5) is 23.2. The highest BCUT2D eigenvalue weighted by atomic mass is 19.4. The zero-order valence-electron chi connectivity index (χ0n) is 11.4. The van der Waals surface area contributed by atoms with Gasteiger partial charge in [-0.25, -0.2) is 0 Å². The van der Waals surface area contributed by atoms with Crippen LogP contribution < -0.4 is 10.4 Å². The number of carbonyl (C=O) groups is 2. The van der Waals surface area contributed by atoms with Crippen molar-refractivity contribution in [1.82, 2.24) is 0 Å². The van der Waals surface area contributed by atoms with Crippen LogP contribution in [0.1, 0.15) is 18.4 Å². The van der Waals surface area contributed by atoms with Crippen molar-refractivity contribution in [2.75, 3.05) is 5.32 Å². The number of amides is 1. The fourth-order valence-electron chi connectivity index (χ4n) is 2.37. The summed E-state index contributed by atoms with van der Waals surface area (Å²) in [5.41, 5.74) is -0.906. The molecule has 1 aromatic rings. The van der Waals surface area contributed by atoms with E-state index < -0.39 is 35.5 Å². The number of carboxylic acid groups (broad SMARTS) is 1. The highest BCUT2D eigenvalue weighted by molar-refractivity contribution is 5.95. The van der Waals surface area contributed by atoms with Crippen molar-refractivity contribution in [2.45, 2.75) is 19.0 Å². The standard InChI is InChI=1S/C15H14F3NO3/c16-15(17,18)9-4-3-5-10(8-9)19-13(20)11-6-1-2-7-12(11)14(21)22/h1-5,8,11-12H,6-7H2,(H,19,20)(H,21,22)/p-1/t11-,12+/m0/s1. The largest absolute Gasteiger partial charge is 0.550 e. The summed E-state index contributed by atoms with van der Waals surface area (Å²) < 4.78 is 37.9. The van der Waals surface area contributed by atoms with Gasteiger partial charge in [-0.05, 0) is 31.0 Å². The third kappa shape index (κ3) is 3.66. The number of hydrogen-bond donors (Lipinski definition) is 1. The van der Waals surface area contributed by atoms with Gasteiger partial charge in [0.1, 0.15) is 0 Å². The molecule has 2 atom stereocenters.